The Morgan fingerprint density at radius 1 is 1.15 bits per heavy atom. The van der Waals surface area contributed by atoms with Crippen molar-refractivity contribution in [1.82, 2.24) is 10.2 Å². The molecule has 3 nitrogen and oxygen atoms in total. The lowest BCUT2D eigenvalue weighted by Crippen LogP contribution is -2.32. The van der Waals surface area contributed by atoms with Crippen LogP contribution >= 0.6 is 0 Å². The van der Waals surface area contributed by atoms with Crippen LogP contribution in [0.1, 0.15) is 48.5 Å². The second-order valence-corrected chi connectivity index (χ2v) is 6.40. The largest absolute Gasteiger partial charge is 0.349 e. The van der Waals surface area contributed by atoms with E-state index in [0.29, 0.717) is 6.04 Å². The summed E-state index contributed by atoms with van der Waals surface area (Å²) in [6.07, 6.45) is 4.89. The molecule has 20 heavy (non-hydrogen) atoms. The van der Waals surface area contributed by atoms with Crippen LogP contribution in [-0.4, -0.2) is 29.9 Å². The lowest BCUT2D eigenvalue weighted by Gasteiger charge is -2.30. The monoisotopic (exact) mass is 272 g/mol. The van der Waals surface area contributed by atoms with Crippen LogP contribution in [0.15, 0.2) is 24.3 Å². The molecule has 2 aliphatic rings. The molecule has 3 rings (SSSR count). The maximum absolute atomic E-state index is 11.9. The van der Waals surface area contributed by atoms with E-state index in [1.807, 2.05) is 12.1 Å². The molecule has 0 atom stereocenters. The normalized spacial score (nSPS) is 20.9. The van der Waals surface area contributed by atoms with Gasteiger partial charge in [-0.05, 0) is 62.4 Å². The van der Waals surface area contributed by atoms with Crippen molar-refractivity contribution in [2.75, 3.05) is 13.1 Å². The summed E-state index contributed by atoms with van der Waals surface area (Å²) >= 11 is 0. The van der Waals surface area contributed by atoms with Gasteiger partial charge in [-0.25, -0.2) is 0 Å². The van der Waals surface area contributed by atoms with Crippen LogP contribution in [0.3, 0.4) is 0 Å². The predicted octanol–water partition coefficient (Wildman–Crippen LogP) is 2.81. The third kappa shape index (κ3) is 3.60. The first-order chi connectivity index (χ1) is 9.70. The molecule has 1 saturated carbocycles. The molecule has 2 fully saturated rings. The molecular formula is C17H24N2O. The summed E-state index contributed by atoms with van der Waals surface area (Å²) in [6, 6.07) is 8.54. The molecule has 1 aromatic rings. The number of nitrogens with zero attached hydrogens (tertiary/aromatic N) is 1. The molecule has 0 spiro atoms. The highest BCUT2D eigenvalue weighted by Gasteiger charge is 2.23. The molecule has 1 saturated heterocycles. The Hall–Kier alpha value is -1.35. The van der Waals surface area contributed by atoms with Crippen molar-refractivity contribution >= 4 is 5.91 Å². The van der Waals surface area contributed by atoms with Crippen molar-refractivity contribution in [3.05, 3.63) is 35.4 Å². The number of hydrogen-bond acceptors (Lipinski definition) is 2. The zero-order chi connectivity index (χ0) is 13.9. The van der Waals surface area contributed by atoms with Crippen molar-refractivity contribution in [3.63, 3.8) is 0 Å². The van der Waals surface area contributed by atoms with Gasteiger partial charge in [0.2, 0.25) is 0 Å². The van der Waals surface area contributed by atoms with E-state index in [9.17, 15) is 4.79 Å². The molecule has 108 valence electrons. The zero-order valence-electron chi connectivity index (χ0n) is 12.3. The molecular weight excluding hydrogens is 248 g/mol. The third-order valence-electron chi connectivity index (χ3n) is 4.41. The van der Waals surface area contributed by atoms with Crippen LogP contribution in [0.2, 0.25) is 0 Å². The van der Waals surface area contributed by atoms with Gasteiger partial charge in [0.05, 0.1) is 0 Å². The van der Waals surface area contributed by atoms with Gasteiger partial charge >= 0.3 is 0 Å². The number of carbonyl (C=O) groups excluding carboxylic acids is 1. The van der Waals surface area contributed by atoms with E-state index in [1.54, 1.807) is 0 Å². The molecule has 3 heteroatoms. The third-order valence-corrected chi connectivity index (χ3v) is 4.41. The molecule has 0 aromatic heterocycles. The van der Waals surface area contributed by atoms with Crippen LogP contribution < -0.4 is 5.32 Å². The zero-order valence-corrected chi connectivity index (χ0v) is 12.3. The van der Waals surface area contributed by atoms with E-state index >= 15 is 0 Å². The molecule has 0 bridgehead atoms. The first-order valence-electron chi connectivity index (χ1n) is 7.83. The maximum Gasteiger partial charge on any atom is 0.251 e. The SMILES string of the molecule is CC1CCN(Cc2ccc(C(=O)NC3CC3)cc2)CC1. The standard InChI is InChI=1S/C17H24N2O/c1-13-8-10-19(11-9-13)12-14-2-4-15(5-3-14)17(20)18-16-6-7-16/h2-5,13,16H,6-12H2,1H3,(H,18,20). The Morgan fingerprint density at radius 3 is 2.40 bits per heavy atom. The summed E-state index contributed by atoms with van der Waals surface area (Å²) in [5.41, 5.74) is 2.09. The van der Waals surface area contributed by atoms with E-state index in [4.69, 9.17) is 0 Å². The van der Waals surface area contributed by atoms with Crippen molar-refractivity contribution in [2.24, 2.45) is 5.92 Å². The first-order valence-corrected chi connectivity index (χ1v) is 7.83. The van der Waals surface area contributed by atoms with Gasteiger partial charge in [0, 0.05) is 18.2 Å². The lowest BCUT2D eigenvalue weighted by atomic mass is 9.99. The van der Waals surface area contributed by atoms with Crippen LogP contribution in [0.25, 0.3) is 0 Å². The highest BCUT2D eigenvalue weighted by Crippen LogP contribution is 2.20. The number of benzene rings is 1. The van der Waals surface area contributed by atoms with Crippen molar-refractivity contribution < 1.29 is 4.79 Å². The molecule has 1 amide bonds. The van der Waals surface area contributed by atoms with Gasteiger partial charge in [0.15, 0.2) is 0 Å². The van der Waals surface area contributed by atoms with E-state index in [0.717, 1.165) is 30.9 Å². The average Bonchev–Trinajstić information content (AvgIpc) is 3.26. The number of amides is 1. The molecule has 1 aromatic carbocycles. The van der Waals surface area contributed by atoms with Gasteiger partial charge in [-0.1, -0.05) is 19.1 Å². The van der Waals surface area contributed by atoms with Gasteiger partial charge in [-0.15, -0.1) is 0 Å². The van der Waals surface area contributed by atoms with Gasteiger partial charge in [-0.3, -0.25) is 9.69 Å². The smallest absolute Gasteiger partial charge is 0.251 e. The molecule has 1 aliphatic heterocycles. The van der Waals surface area contributed by atoms with Crippen LogP contribution in [0.5, 0.6) is 0 Å². The molecule has 1 aliphatic carbocycles. The van der Waals surface area contributed by atoms with Crippen molar-refractivity contribution in [2.45, 2.75) is 45.2 Å². The summed E-state index contributed by atoms with van der Waals surface area (Å²) in [5.74, 6) is 0.950. The number of carbonyl (C=O) groups is 1. The van der Waals surface area contributed by atoms with Gasteiger partial charge in [-0.2, -0.15) is 0 Å². The Labute approximate surface area is 121 Å². The predicted molar refractivity (Wildman–Crippen MR) is 80.6 cm³/mol. The minimum Gasteiger partial charge on any atom is -0.349 e. The minimum atomic E-state index is 0.0749. The fourth-order valence-electron chi connectivity index (χ4n) is 2.74. The summed E-state index contributed by atoms with van der Waals surface area (Å²) in [7, 11) is 0. The lowest BCUT2D eigenvalue weighted by molar-refractivity contribution is 0.0951. The molecule has 1 N–H and O–H groups in total. The Kier molecular flexibility index (Phi) is 4.06. The molecule has 1 heterocycles. The molecule has 0 radical (unpaired) electrons. The summed E-state index contributed by atoms with van der Waals surface area (Å²) in [5, 5.41) is 3.03. The fraction of sp³-hybridized carbons (Fsp3) is 0.588. The average molecular weight is 272 g/mol. The highest BCUT2D eigenvalue weighted by molar-refractivity contribution is 5.94. The number of likely N-dealkylation sites (tertiary alicyclic amines) is 1. The van der Waals surface area contributed by atoms with Crippen LogP contribution in [-0.2, 0) is 6.54 Å². The van der Waals surface area contributed by atoms with Crippen molar-refractivity contribution in [3.8, 4) is 0 Å². The quantitative estimate of drug-likeness (QED) is 0.914. The Morgan fingerprint density at radius 2 is 1.80 bits per heavy atom. The number of nitrogens with one attached hydrogen (secondary N) is 1. The maximum atomic E-state index is 11.9. The van der Waals surface area contributed by atoms with Gasteiger partial charge in [0.1, 0.15) is 0 Å². The summed E-state index contributed by atoms with van der Waals surface area (Å²) in [4.78, 5) is 14.4. The minimum absolute atomic E-state index is 0.0749. The van der Waals surface area contributed by atoms with Gasteiger partial charge in [0.25, 0.3) is 5.91 Å². The van der Waals surface area contributed by atoms with E-state index < -0.39 is 0 Å². The number of hydrogen-bond donors (Lipinski definition) is 1. The summed E-state index contributed by atoms with van der Waals surface area (Å²) in [6.45, 7) is 5.75. The molecule has 0 unspecified atom stereocenters. The first kappa shape index (κ1) is 13.6. The highest BCUT2D eigenvalue weighted by atomic mass is 16.1. The van der Waals surface area contributed by atoms with E-state index in [-0.39, 0.29) is 5.91 Å². The van der Waals surface area contributed by atoms with E-state index in [2.05, 4.69) is 29.3 Å². The summed E-state index contributed by atoms with van der Waals surface area (Å²) < 4.78 is 0. The van der Waals surface area contributed by atoms with Crippen LogP contribution in [0.4, 0.5) is 0 Å². The second-order valence-electron chi connectivity index (χ2n) is 6.40. The van der Waals surface area contributed by atoms with Crippen LogP contribution in [0, 0.1) is 5.92 Å². The Balaban J connectivity index is 1.54. The second kappa shape index (κ2) is 5.96. The van der Waals surface area contributed by atoms with Gasteiger partial charge < -0.3 is 5.32 Å². The van der Waals surface area contributed by atoms with E-state index in [1.165, 1.54) is 31.5 Å². The number of rotatable bonds is 4. The Bertz CT molecular complexity index is 456. The topological polar surface area (TPSA) is 32.3 Å². The van der Waals surface area contributed by atoms with Crippen molar-refractivity contribution in [1.29, 1.82) is 0 Å². The number of piperidine rings is 1. The fourth-order valence-corrected chi connectivity index (χ4v) is 2.74.